The van der Waals surface area contributed by atoms with Gasteiger partial charge in [0.15, 0.2) is 0 Å². The lowest BCUT2D eigenvalue weighted by molar-refractivity contribution is 0.326. The standard InChI is InChI=1S/C12H19NO2/c1-5-15-11-8-6-7-10(14-4)12(11)9(2)13-3/h6-9,13H,5H2,1-4H3. The predicted octanol–water partition coefficient (Wildman–Crippen LogP) is 2.37. The number of benzene rings is 1. The molecule has 3 heteroatoms. The molecule has 0 heterocycles. The summed E-state index contributed by atoms with van der Waals surface area (Å²) in [4.78, 5) is 0. The largest absolute Gasteiger partial charge is 0.496 e. The van der Waals surface area contributed by atoms with Crippen LogP contribution in [0.4, 0.5) is 0 Å². The van der Waals surface area contributed by atoms with Crippen molar-refractivity contribution in [3.05, 3.63) is 23.8 Å². The molecule has 1 N–H and O–H groups in total. The van der Waals surface area contributed by atoms with Gasteiger partial charge in [-0.25, -0.2) is 0 Å². The van der Waals surface area contributed by atoms with E-state index in [0.717, 1.165) is 17.1 Å². The first-order valence-corrected chi connectivity index (χ1v) is 5.21. The van der Waals surface area contributed by atoms with E-state index in [1.165, 1.54) is 0 Å². The quantitative estimate of drug-likeness (QED) is 0.807. The Morgan fingerprint density at radius 3 is 2.53 bits per heavy atom. The molecule has 0 amide bonds. The summed E-state index contributed by atoms with van der Waals surface area (Å²) in [6.45, 7) is 4.73. The fraction of sp³-hybridized carbons (Fsp3) is 0.500. The van der Waals surface area contributed by atoms with Crippen molar-refractivity contribution in [2.75, 3.05) is 20.8 Å². The Kier molecular flexibility index (Phi) is 4.43. The fourth-order valence-electron chi connectivity index (χ4n) is 1.55. The summed E-state index contributed by atoms with van der Waals surface area (Å²) in [6.07, 6.45) is 0. The van der Waals surface area contributed by atoms with E-state index in [-0.39, 0.29) is 6.04 Å². The van der Waals surface area contributed by atoms with Crippen molar-refractivity contribution in [2.24, 2.45) is 0 Å². The van der Waals surface area contributed by atoms with Gasteiger partial charge >= 0.3 is 0 Å². The molecule has 0 saturated heterocycles. The first-order valence-electron chi connectivity index (χ1n) is 5.21. The van der Waals surface area contributed by atoms with Crippen molar-refractivity contribution in [1.82, 2.24) is 5.32 Å². The van der Waals surface area contributed by atoms with Gasteiger partial charge in [-0.15, -0.1) is 0 Å². The van der Waals surface area contributed by atoms with Gasteiger partial charge in [0.25, 0.3) is 0 Å². The summed E-state index contributed by atoms with van der Waals surface area (Å²) in [5, 5.41) is 3.19. The zero-order valence-electron chi connectivity index (χ0n) is 9.83. The molecule has 1 unspecified atom stereocenters. The van der Waals surface area contributed by atoms with Crippen molar-refractivity contribution < 1.29 is 9.47 Å². The van der Waals surface area contributed by atoms with Gasteiger partial charge in [0.2, 0.25) is 0 Å². The molecule has 3 nitrogen and oxygen atoms in total. The van der Waals surface area contributed by atoms with Crippen molar-refractivity contribution >= 4 is 0 Å². The van der Waals surface area contributed by atoms with E-state index >= 15 is 0 Å². The maximum Gasteiger partial charge on any atom is 0.127 e. The Balaban J connectivity index is 3.14. The van der Waals surface area contributed by atoms with Crippen LogP contribution in [0.15, 0.2) is 18.2 Å². The minimum Gasteiger partial charge on any atom is -0.496 e. The average Bonchev–Trinajstić information content (AvgIpc) is 2.28. The first-order chi connectivity index (χ1) is 7.24. The molecule has 1 aromatic rings. The van der Waals surface area contributed by atoms with Crippen LogP contribution in [-0.2, 0) is 0 Å². The lowest BCUT2D eigenvalue weighted by Crippen LogP contribution is -2.15. The lowest BCUT2D eigenvalue weighted by atomic mass is 10.1. The minimum atomic E-state index is 0.211. The van der Waals surface area contributed by atoms with Crippen LogP contribution >= 0.6 is 0 Å². The van der Waals surface area contributed by atoms with Gasteiger partial charge in [-0.1, -0.05) is 6.07 Å². The highest BCUT2D eigenvalue weighted by Gasteiger charge is 2.15. The maximum atomic E-state index is 5.58. The molecule has 0 aliphatic heterocycles. The average molecular weight is 209 g/mol. The minimum absolute atomic E-state index is 0.211. The number of hydrogen-bond donors (Lipinski definition) is 1. The summed E-state index contributed by atoms with van der Waals surface area (Å²) < 4.78 is 10.9. The Morgan fingerprint density at radius 1 is 1.33 bits per heavy atom. The van der Waals surface area contributed by atoms with E-state index in [2.05, 4.69) is 12.2 Å². The van der Waals surface area contributed by atoms with Gasteiger partial charge in [0.05, 0.1) is 19.3 Å². The summed E-state index contributed by atoms with van der Waals surface area (Å²) in [6, 6.07) is 6.07. The van der Waals surface area contributed by atoms with Crippen molar-refractivity contribution in [1.29, 1.82) is 0 Å². The summed E-state index contributed by atoms with van der Waals surface area (Å²) in [5.41, 5.74) is 1.07. The zero-order chi connectivity index (χ0) is 11.3. The summed E-state index contributed by atoms with van der Waals surface area (Å²) >= 11 is 0. The molecule has 84 valence electrons. The molecule has 1 rings (SSSR count). The van der Waals surface area contributed by atoms with Crippen LogP contribution in [-0.4, -0.2) is 20.8 Å². The highest BCUT2D eigenvalue weighted by atomic mass is 16.5. The summed E-state index contributed by atoms with van der Waals surface area (Å²) in [5.74, 6) is 1.75. The lowest BCUT2D eigenvalue weighted by Gasteiger charge is -2.18. The highest BCUT2D eigenvalue weighted by molar-refractivity contribution is 5.46. The third kappa shape index (κ3) is 2.63. The van der Waals surface area contributed by atoms with Gasteiger partial charge in [0, 0.05) is 6.04 Å². The Bertz CT molecular complexity index is 312. The SMILES string of the molecule is CCOc1cccc(OC)c1C(C)NC. The van der Waals surface area contributed by atoms with Crippen molar-refractivity contribution in [2.45, 2.75) is 19.9 Å². The number of ether oxygens (including phenoxy) is 2. The van der Waals surface area contributed by atoms with Gasteiger partial charge in [0.1, 0.15) is 11.5 Å². The number of hydrogen-bond acceptors (Lipinski definition) is 3. The summed E-state index contributed by atoms with van der Waals surface area (Å²) in [7, 11) is 3.60. The van der Waals surface area contributed by atoms with Crippen LogP contribution in [0.1, 0.15) is 25.5 Å². The first kappa shape index (κ1) is 11.9. The van der Waals surface area contributed by atoms with Crippen LogP contribution in [0.3, 0.4) is 0 Å². The second-order valence-electron chi connectivity index (χ2n) is 3.32. The fourth-order valence-corrected chi connectivity index (χ4v) is 1.55. The third-order valence-electron chi connectivity index (χ3n) is 2.41. The monoisotopic (exact) mass is 209 g/mol. The Labute approximate surface area is 91.4 Å². The molecule has 0 aromatic heterocycles. The van der Waals surface area contributed by atoms with E-state index in [1.807, 2.05) is 32.2 Å². The third-order valence-corrected chi connectivity index (χ3v) is 2.41. The molecule has 0 fully saturated rings. The van der Waals surface area contributed by atoms with Gasteiger partial charge in [-0.3, -0.25) is 0 Å². The van der Waals surface area contributed by atoms with Crippen molar-refractivity contribution in [3.8, 4) is 11.5 Å². The smallest absolute Gasteiger partial charge is 0.127 e. The molecular formula is C12H19NO2. The van der Waals surface area contributed by atoms with Crippen LogP contribution in [0.5, 0.6) is 11.5 Å². The Morgan fingerprint density at radius 2 is 2.00 bits per heavy atom. The molecule has 0 aliphatic carbocycles. The van der Waals surface area contributed by atoms with E-state index in [1.54, 1.807) is 7.11 Å². The van der Waals surface area contributed by atoms with Gasteiger partial charge < -0.3 is 14.8 Å². The normalized spacial score (nSPS) is 12.3. The maximum absolute atomic E-state index is 5.58. The van der Waals surface area contributed by atoms with E-state index < -0.39 is 0 Å². The molecule has 0 radical (unpaired) electrons. The second kappa shape index (κ2) is 5.61. The van der Waals surface area contributed by atoms with Crippen LogP contribution in [0, 0.1) is 0 Å². The number of methoxy groups -OCH3 is 1. The van der Waals surface area contributed by atoms with E-state index in [4.69, 9.17) is 9.47 Å². The highest BCUT2D eigenvalue weighted by Crippen LogP contribution is 2.33. The molecule has 0 aliphatic rings. The predicted molar refractivity (Wildman–Crippen MR) is 61.6 cm³/mol. The molecule has 0 bridgehead atoms. The van der Waals surface area contributed by atoms with Crippen LogP contribution in [0.25, 0.3) is 0 Å². The van der Waals surface area contributed by atoms with Crippen LogP contribution in [0.2, 0.25) is 0 Å². The molecule has 1 atom stereocenters. The zero-order valence-corrected chi connectivity index (χ0v) is 9.83. The molecule has 0 saturated carbocycles. The second-order valence-corrected chi connectivity index (χ2v) is 3.32. The number of rotatable bonds is 5. The van der Waals surface area contributed by atoms with Crippen LogP contribution < -0.4 is 14.8 Å². The van der Waals surface area contributed by atoms with Gasteiger partial charge in [-0.05, 0) is 33.0 Å². The topological polar surface area (TPSA) is 30.5 Å². The van der Waals surface area contributed by atoms with Gasteiger partial charge in [-0.2, -0.15) is 0 Å². The number of nitrogens with one attached hydrogen (secondary N) is 1. The molecule has 0 spiro atoms. The van der Waals surface area contributed by atoms with E-state index in [0.29, 0.717) is 6.61 Å². The molecular weight excluding hydrogens is 190 g/mol. The molecule has 1 aromatic carbocycles. The van der Waals surface area contributed by atoms with E-state index in [9.17, 15) is 0 Å². The van der Waals surface area contributed by atoms with Crippen molar-refractivity contribution in [3.63, 3.8) is 0 Å². The molecule has 15 heavy (non-hydrogen) atoms. The Hall–Kier alpha value is -1.22.